The maximum absolute atomic E-state index is 13.7. The van der Waals surface area contributed by atoms with Crippen molar-refractivity contribution in [1.82, 2.24) is 0 Å². The van der Waals surface area contributed by atoms with E-state index in [0.717, 1.165) is 11.8 Å². The summed E-state index contributed by atoms with van der Waals surface area (Å²) in [6.07, 6.45) is -1.10. The largest absolute Gasteiger partial charge is 0.406 e. The number of halogens is 1. The van der Waals surface area contributed by atoms with Crippen molar-refractivity contribution in [3.8, 4) is 0 Å². The predicted molar refractivity (Wildman–Crippen MR) is 109 cm³/mol. The summed E-state index contributed by atoms with van der Waals surface area (Å²) in [5, 5.41) is 1.81. The minimum Gasteiger partial charge on any atom is -0.406 e. The normalized spacial score (nSPS) is 21.2. The van der Waals surface area contributed by atoms with Gasteiger partial charge in [0.15, 0.2) is 6.17 Å². The molecule has 0 saturated carbocycles. The lowest BCUT2D eigenvalue weighted by atomic mass is 10.2. The Bertz CT molecular complexity index is 706. The lowest BCUT2D eigenvalue weighted by Gasteiger charge is -2.43. The zero-order valence-corrected chi connectivity index (χ0v) is 17.3. The molecule has 2 aromatic carbocycles. The summed E-state index contributed by atoms with van der Waals surface area (Å²) in [4.78, 5) is 11.6. The smallest absolute Gasteiger partial charge is 0.261 e. The summed E-state index contributed by atoms with van der Waals surface area (Å²) < 4.78 is 20.4. The molecule has 2 atom stereocenters. The Hall–Kier alpha value is -1.43. The average molecular weight is 389 g/mol. The van der Waals surface area contributed by atoms with Crippen molar-refractivity contribution < 1.29 is 13.6 Å². The maximum Gasteiger partial charge on any atom is 0.261 e. The van der Waals surface area contributed by atoms with Crippen LogP contribution in [0.2, 0.25) is 5.04 Å². The van der Waals surface area contributed by atoms with E-state index in [4.69, 9.17) is 4.43 Å². The molecule has 0 N–H and O–H groups in total. The zero-order chi connectivity index (χ0) is 18.8. The van der Waals surface area contributed by atoms with Gasteiger partial charge in [-0.15, -0.1) is 0 Å². The Labute approximate surface area is 160 Å². The van der Waals surface area contributed by atoms with Crippen molar-refractivity contribution >= 4 is 35.6 Å². The van der Waals surface area contributed by atoms with Crippen molar-refractivity contribution in [1.29, 1.82) is 0 Å². The summed E-state index contributed by atoms with van der Waals surface area (Å²) in [6.45, 7) is 7.03. The Morgan fingerprint density at radius 2 is 1.54 bits per heavy atom. The Kier molecular flexibility index (Phi) is 5.70. The molecule has 1 aliphatic heterocycles. The molecule has 1 heterocycles. The minimum absolute atomic E-state index is 0.112. The number of hydrogen-bond donors (Lipinski definition) is 0. The molecule has 0 aliphatic carbocycles. The molecule has 138 valence electrons. The van der Waals surface area contributed by atoms with Crippen molar-refractivity contribution in [2.45, 2.75) is 43.7 Å². The number of hydrogen-bond acceptors (Lipinski definition) is 3. The molecule has 0 aromatic heterocycles. The van der Waals surface area contributed by atoms with Crippen LogP contribution in [0.4, 0.5) is 4.39 Å². The number of alkyl halides is 1. The highest BCUT2D eigenvalue weighted by atomic mass is 32.2. The van der Waals surface area contributed by atoms with E-state index in [0.29, 0.717) is 6.61 Å². The molecule has 0 radical (unpaired) electrons. The maximum atomic E-state index is 13.7. The summed E-state index contributed by atoms with van der Waals surface area (Å²) in [5.41, 5.74) is 0. The lowest BCUT2D eigenvalue weighted by molar-refractivity contribution is -0.114. The van der Waals surface area contributed by atoms with E-state index in [1.807, 2.05) is 36.4 Å². The lowest BCUT2D eigenvalue weighted by Crippen LogP contribution is -2.67. The first kappa shape index (κ1) is 19.3. The molecule has 26 heavy (non-hydrogen) atoms. The van der Waals surface area contributed by atoms with Crippen LogP contribution in [0.5, 0.6) is 0 Å². The zero-order valence-electron chi connectivity index (χ0n) is 15.4. The van der Waals surface area contributed by atoms with Gasteiger partial charge < -0.3 is 4.43 Å². The van der Waals surface area contributed by atoms with E-state index in [-0.39, 0.29) is 21.8 Å². The topological polar surface area (TPSA) is 26.3 Å². The molecule has 2 nitrogen and oxygen atoms in total. The third kappa shape index (κ3) is 3.66. The summed E-state index contributed by atoms with van der Waals surface area (Å²) in [7, 11) is -2.61. The third-order valence-corrected chi connectivity index (χ3v) is 11.1. The van der Waals surface area contributed by atoms with Gasteiger partial charge in [0, 0.05) is 18.3 Å². The van der Waals surface area contributed by atoms with Crippen molar-refractivity contribution in [3.05, 3.63) is 60.7 Å². The van der Waals surface area contributed by atoms with Crippen LogP contribution in [0.1, 0.15) is 27.2 Å². The molecule has 0 amide bonds. The number of thioether (sulfide) groups is 1. The van der Waals surface area contributed by atoms with Crippen molar-refractivity contribution in [2.24, 2.45) is 0 Å². The van der Waals surface area contributed by atoms with Crippen LogP contribution in [-0.2, 0) is 9.22 Å². The monoisotopic (exact) mass is 388 g/mol. The number of carbonyl (C=O) groups excluding carboxylic acids is 1. The summed E-state index contributed by atoms with van der Waals surface area (Å²) in [5.74, 6) is 0. The van der Waals surface area contributed by atoms with E-state index in [1.165, 1.54) is 10.4 Å². The minimum atomic E-state index is -2.61. The standard InChI is InChI=1S/C21H25FO2SSi/c1-21(2,3)26(17-10-6-4-7-11-17,18-12-8-5-9-13-18)24-15-16-14-19(22)20(23)25-16/h4-13,16,19H,14-15H2,1-3H3/t16-,19+/m1/s1. The molecule has 1 fully saturated rings. The first-order valence-corrected chi connectivity index (χ1v) is 11.7. The Morgan fingerprint density at radius 3 is 1.92 bits per heavy atom. The van der Waals surface area contributed by atoms with Gasteiger partial charge in [0.2, 0.25) is 5.12 Å². The van der Waals surface area contributed by atoms with Gasteiger partial charge in [0.1, 0.15) is 0 Å². The Morgan fingerprint density at radius 1 is 1.04 bits per heavy atom. The van der Waals surface area contributed by atoms with Crippen LogP contribution >= 0.6 is 11.8 Å². The van der Waals surface area contributed by atoms with Crippen LogP contribution in [0.15, 0.2) is 60.7 Å². The number of rotatable bonds is 5. The molecular weight excluding hydrogens is 363 g/mol. The van der Waals surface area contributed by atoms with Gasteiger partial charge in [-0.2, -0.15) is 0 Å². The molecule has 5 heteroatoms. The highest BCUT2D eigenvalue weighted by molar-refractivity contribution is 8.14. The molecule has 1 saturated heterocycles. The second kappa shape index (κ2) is 7.67. The van der Waals surface area contributed by atoms with Gasteiger partial charge in [-0.3, -0.25) is 4.79 Å². The van der Waals surface area contributed by atoms with Crippen LogP contribution < -0.4 is 10.4 Å². The fourth-order valence-electron chi connectivity index (χ4n) is 3.69. The van der Waals surface area contributed by atoms with E-state index >= 15 is 0 Å². The molecule has 2 aromatic rings. The van der Waals surface area contributed by atoms with E-state index in [9.17, 15) is 9.18 Å². The van der Waals surface area contributed by atoms with Crippen LogP contribution in [0.25, 0.3) is 0 Å². The Balaban J connectivity index is 2.02. The summed E-state index contributed by atoms with van der Waals surface area (Å²) >= 11 is 1.10. The van der Waals surface area contributed by atoms with Crippen molar-refractivity contribution in [3.63, 3.8) is 0 Å². The van der Waals surface area contributed by atoms with E-state index in [1.54, 1.807) is 0 Å². The highest BCUT2D eigenvalue weighted by Gasteiger charge is 2.50. The summed E-state index contributed by atoms with van der Waals surface area (Å²) in [6, 6.07) is 20.7. The van der Waals surface area contributed by atoms with Gasteiger partial charge in [0.05, 0.1) is 0 Å². The number of carbonyl (C=O) groups is 1. The first-order valence-electron chi connectivity index (χ1n) is 8.94. The molecule has 0 bridgehead atoms. The van der Waals surface area contributed by atoms with Gasteiger partial charge in [-0.05, 0) is 15.4 Å². The third-order valence-electron chi connectivity index (χ3n) is 4.91. The van der Waals surface area contributed by atoms with Crippen LogP contribution in [0.3, 0.4) is 0 Å². The fourth-order valence-corrected chi connectivity index (χ4v) is 9.40. The first-order chi connectivity index (χ1) is 12.3. The molecule has 0 spiro atoms. The van der Waals surface area contributed by atoms with Gasteiger partial charge in [0.25, 0.3) is 8.32 Å². The molecule has 3 rings (SSSR count). The van der Waals surface area contributed by atoms with E-state index < -0.39 is 14.5 Å². The van der Waals surface area contributed by atoms with Gasteiger partial charge in [-0.25, -0.2) is 4.39 Å². The van der Waals surface area contributed by atoms with Crippen LogP contribution in [0, 0.1) is 0 Å². The van der Waals surface area contributed by atoms with Crippen molar-refractivity contribution in [2.75, 3.05) is 6.61 Å². The predicted octanol–water partition coefficient (Wildman–Crippen LogP) is 3.93. The quantitative estimate of drug-likeness (QED) is 0.726. The SMILES string of the molecule is CC(C)(C)[Si](OC[C@H]1C[C@H](F)C(=O)S1)(c1ccccc1)c1ccccc1. The van der Waals surface area contributed by atoms with E-state index in [2.05, 4.69) is 45.0 Å². The molecule has 0 unspecified atom stereocenters. The number of benzene rings is 2. The van der Waals surface area contributed by atoms with Gasteiger partial charge >= 0.3 is 0 Å². The van der Waals surface area contributed by atoms with Crippen LogP contribution in [-0.4, -0.2) is 31.5 Å². The molecular formula is C21H25FO2SSi. The second-order valence-corrected chi connectivity index (χ2v) is 13.3. The van der Waals surface area contributed by atoms with Gasteiger partial charge in [-0.1, -0.05) is 93.2 Å². The fraction of sp³-hybridized carbons (Fsp3) is 0.381. The average Bonchev–Trinajstić information content (AvgIpc) is 2.94. The molecule has 1 aliphatic rings. The second-order valence-electron chi connectivity index (χ2n) is 7.74. The highest BCUT2D eigenvalue weighted by Crippen LogP contribution is 2.38.